The fourth-order valence-electron chi connectivity index (χ4n) is 1.63. The average Bonchev–Trinajstić information content (AvgIpc) is 2.32. The monoisotopic (exact) mass is 267 g/mol. The Bertz CT molecular complexity index is 284. The Balaban J connectivity index is 2.57. The molecule has 0 aromatic carbocycles. The number of carbonyl (C=O) groups is 1. The molecule has 0 aromatic heterocycles. The van der Waals surface area contributed by atoms with Gasteiger partial charge in [0.15, 0.2) is 0 Å². The maximum Gasteiger partial charge on any atom is 0.404 e. The first-order chi connectivity index (χ1) is 8.41. The topological polar surface area (TPSA) is 149 Å². The van der Waals surface area contributed by atoms with Gasteiger partial charge in [0.25, 0.3) is 0 Å². The molecular weight excluding hydrogens is 250 g/mol. The number of aliphatic hydroxyl groups is 4. The van der Waals surface area contributed by atoms with E-state index in [9.17, 15) is 20.1 Å². The van der Waals surface area contributed by atoms with Crippen LogP contribution in [0, 0.1) is 0 Å². The Morgan fingerprint density at radius 2 is 2.17 bits per heavy atom. The van der Waals surface area contributed by atoms with E-state index in [2.05, 4.69) is 0 Å². The normalized spacial score (nSPS) is 36.3. The van der Waals surface area contributed by atoms with Crippen molar-refractivity contribution in [1.29, 1.82) is 0 Å². The largest absolute Gasteiger partial charge is 0.465 e. The molecule has 0 aliphatic carbocycles. The zero-order valence-electron chi connectivity index (χ0n) is 9.52. The smallest absolute Gasteiger partial charge is 0.404 e. The predicted molar refractivity (Wildman–Crippen MR) is 55.8 cm³/mol. The van der Waals surface area contributed by atoms with E-state index in [1.54, 1.807) is 0 Å². The molecule has 0 radical (unpaired) electrons. The Hall–Kier alpha value is -0.970. The van der Waals surface area contributed by atoms with Gasteiger partial charge in [-0.3, -0.25) is 0 Å². The molecule has 1 aliphatic heterocycles. The Morgan fingerprint density at radius 3 is 2.72 bits per heavy atom. The van der Waals surface area contributed by atoms with Crippen LogP contribution in [0.25, 0.3) is 0 Å². The maximum atomic E-state index is 10.2. The van der Waals surface area contributed by atoms with Crippen LogP contribution >= 0.6 is 0 Å². The summed E-state index contributed by atoms with van der Waals surface area (Å²) in [5.74, 6) is -2.29. The number of amides is 1. The highest BCUT2D eigenvalue weighted by atomic mass is 16.7. The van der Waals surface area contributed by atoms with E-state index in [1.165, 1.54) is 0 Å². The van der Waals surface area contributed by atoms with Crippen molar-refractivity contribution in [2.45, 2.75) is 24.1 Å². The van der Waals surface area contributed by atoms with Crippen molar-refractivity contribution in [1.82, 2.24) is 5.32 Å². The first-order valence-corrected chi connectivity index (χ1v) is 5.33. The number of nitrogens with one attached hydrogen (secondary N) is 1. The lowest BCUT2D eigenvalue weighted by atomic mass is 9.96. The number of aliphatic hydroxyl groups excluding tert-OH is 3. The summed E-state index contributed by atoms with van der Waals surface area (Å²) in [6, 6.07) is 0. The standard InChI is InChI=1S/C9H17NO8/c11-3-6-9(16,7(13)5(12)4-17-6)18-2-1-10-8(14)15/h5-7,10-13,16H,1-4H2,(H,14,15)/t5-,6-,7-,9-/m1/s1. The highest BCUT2D eigenvalue weighted by Crippen LogP contribution is 2.27. The molecule has 1 rings (SSSR count). The molecule has 1 fully saturated rings. The van der Waals surface area contributed by atoms with Gasteiger partial charge >= 0.3 is 6.09 Å². The van der Waals surface area contributed by atoms with Crippen LogP contribution in [0.3, 0.4) is 0 Å². The van der Waals surface area contributed by atoms with Crippen molar-refractivity contribution in [2.24, 2.45) is 0 Å². The average molecular weight is 267 g/mol. The highest BCUT2D eigenvalue weighted by molar-refractivity contribution is 5.64. The van der Waals surface area contributed by atoms with E-state index in [4.69, 9.17) is 19.7 Å². The lowest BCUT2D eigenvalue weighted by molar-refractivity contribution is -0.352. The number of rotatable bonds is 5. The summed E-state index contributed by atoms with van der Waals surface area (Å²) in [5, 5.41) is 48.4. The predicted octanol–water partition coefficient (Wildman–Crippen LogP) is -2.93. The summed E-state index contributed by atoms with van der Waals surface area (Å²) in [6.45, 7) is -1.25. The molecule has 6 N–H and O–H groups in total. The van der Waals surface area contributed by atoms with Crippen LogP contribution in [-0.4, -0.2) is 82.1 Å². The van der Waals surface area contributed by atoms with Gasteiger partial charge in [-0.2, -0.15) is 0 Å². The van der Waals surface area contributed by atoms with Crippen LogP contribution < -0.4 is 5.32 Å². The molecule has 0 bridgehead atoms. The van der Waals surface area contributed by atoms with E-state index >= 15 is 0 Å². The van der Waals surface area contributed by atoms with Crippen molar-refractivity contribution < 1.29 is 39.8 Å². The van der Waals surface area contributed by atoms with Crippen LogP contribution in [0.2, 0.25) is 0 Å². The SMILES string of the molecule is O=C(O)NCCO[C@@]1(O)[C@H](O)[C@H](O)CO[C@@H]1CO. The fraction of sp³-hybridized carbons (Fsp3) is 0.889. The summed E-state index contributed by atoms with van der Waals surface area (Å²) in [6.07, 6.45) is -5.50. The summed E-state index contributed by atoms with van der Waals surface area (Å²) < 4.78 is 9.87. The van der Waals surface area contributed by atoms with Crippen molar-refractivity contribution in [3.63, 3.8) is 0 Å². The molecular formula is C9H17NO8. The molecule has 9 nitrogen and oxygen atoms in total. The minimum atomic E-state index is -2.29. The van der Waals surface area contributed by atoms with Crippen LogP contribution in [0.15, 0.2) is 0 Å². The van der Waals surface area contributed by atoms with Crippen molar-refractivity contribution >= 4 is 6.09 Å². The third-order valence-corrected chi connectivity index (χ3v) is 2.60. The zero-order valence-corrected chi connectivity index (χ0v) is 9.52. The van der Waals surface area contributed by atoms with E-state index in [1.807, 2.05) is 5.32 Å². The number of hydrogen-bond acceptors (Lipinski definition) is 7. The lowest BCUT2D eigenvalue weighted by Crippen LogP contribution is -2.65. The summed E-state index contributed by atoms with van der Waals surface area (Å²) >= 11 is 0. The first kappa shape index (κ1) is 15.1. The second-order valence-electron chi connectivity index (χ2n) is 3.85. The van der Waals surface area contributed by atoms with Gasteiger partial charge in [-0.1, -0.05) is 0 Å². The third-order valence-electron chi connectivity index (χ3n) is 2.60. The van der Waals surface area contributed by atoms with E-state index in [0.29, 0.717) is 0 Å². The van der Waals surface area contributed by atoms with Gasteiger partial charge in [0.2, 0.25) is 5.79 Å². The molecule has 9 heteroatoms. The minimum Gasteiger partial charge on any atom is -0.465 e. The van der Waals surface area contributed by atoms with Gasteiger partial charge in [-0.25, -0.2) is 4.79 Å². The number of carboxylic acid groups (broad SMARTS) is 1. The summed E-state index contributed by atoms with van der Waals surface area (Å²) in [7, 11) is 0. The van der Waals surface area contributed by atoms with Gasteiger partial charge in [-0.15, -0.1) is 0 Å². The molecule has 0 spiro atoms. The van der Waals surface area contributed by atoms with E-state index < -0.39 is 36.8 Å². The number of ether oxygens (including phenoxy) is 2. The molecule has 0 aromatic rings. The molecule has 1 amide bonds. The molecule has 1 saturated heterocycles. The zero-order chi connectivity index (χ0) is 13.8. The van der Waals surface area contributed by atoms with Gasteiger partial charge in [0, 0.05) is 6.54 Å². The van der Waals surface area contributed by atoms with Crippen LogP contribution in [0.4, 0.5) is 4.79 Å². The van der Waals surface area contributed by atoms with Crippen LogP contribution in [-0.2, 0) is 9.47 Å². The van der Waals surface area contributed by atoms with Crippen LogP contribution in [0.5, 0.6) is 0 Å². The maximum absolute atomic E-state index is 10.2. The molecule has 0 unspecified atom stereocenters. The minimum absolute atomic E-state index is 0.126. The quantitative estimate of drug-likeness (QED) is 0.229. The van der Waals surface area contributed by atoms with Gasteiger partial charge < -0.3 is 40.3 Å². The molecule has 106 valence electrons. The Kier molecular flexibility index (Phi) is 5.26. The van der Waals surface area contributed by atoms with Gasteiger partial charge in [0.05, 0.1) is 19.8 Å². The lowest BCUT2D eigenvalue weighted by Gasteiger charge is -2.43. The third kappa shape index (κ3) is 3.28. The molecule has 0 saturated carbocycles. The summed E-state index contributed by atoms with van der Waals surface area (Å²) in [5.41, 5.74) is 0. The van der Waals surface area contributed by atoms with Gasteiger partial charge in [0.1, 0.15) is 18.3 Å². The van der Waals surface area contributed by atoms with Crippen LogP contribution in [0.1, 0.15) is 0 Å². The second kappa shape index (κ2) is 6.27. The second-order valence-corrected chi connectivity index (χ2v) is 3.85. The molecule has 18 heavy (non-hydrogen) atoms. The van der Waals surface area contributed by atoms with Crippen molar-refractivity contribution in [3.8, 4) is 0 Å². The molecule has 4 atom stereocenters. The van der Waals surface area contributed by atoms with Crippen molar-refractivity contribution in [2.75, 3.05) is 26.4 Å². The Morgan fingerprint density at radius 1 is 1.50 bits per heavy atom. The Labute approximate surface area is 103 Å². The van der Waals surface area contributed by atoms with Crippen molar-refractivity contribution in [3.05, 3.63) is 0 Å². The summed E-state index contributed by atoms with van der Waals surface area (Å²) in [4.78, 5) is 10.2. The van der Waals surface area contributed by atoms with Gasteiger partial charge in [-0.05, 0) is 0 Å². The number of hydrogen-bond donors (Lipinski definition) is 6. The fourth-order valence-corrected chi connectivity index (χ4v) is 1.63. The van der Waals surface area contributed by atoms with E-state index in [0.717, 1.165) is 0 Å². The van der Waals surface area contributed by atoms with E-state index in [-0.39, 0.29) is 19.8 Å². The highest BCUT2D eigenvalue weighted by Gasteiger charge is 2.52. The molecule has 1 aliphatic rings. The molecule has 1 heterocycles. The first-order valence-electron chi connectivity index (χ1n) is 5.33.